The van der Waals surface area contributed by atoms with Gasteiger partial charge in [-0.15, -0.1) is 0 Å². The van der Waals surface area contributed by atoms with E-state index in [0.29, 0.717) is 69.7 Å². The van der Waals surface area contributed by atoms with E-state index in [1.54, 1.807) is 63.2 Å². The Balaban J connectivity index is 0.000000292. The van der Waals surface area contributed by atoms with Crippen molar-refractivity contribution in [3.63, 3.8) is 0 Å². The van der Waals surface area contributed by atoms with Crippen LogP contribution in [0, 0.1) is 45.4 Å². The Labute approximate surface area is 560 Å². The molecule has 2 aliphatic rings. The van der Waals surface area contributed by atoms with Crippen LogP contribution in [0.4, 0.5) is 0 Å². The summed E-state index contributed by atoms with van der Waals surface area (Å²) in [7, 11) is 0. The van der Waals surface area contributed by atoms with Crippen molar-refractivity contribution in [2.45, 2.75) is 108 Å². The standard InChI is InChI=1S/C16H21NO2.C15H13NO2.C14H19NO4.C11H6Br5NO2.C11H11NO2/c1-8(2)15(18)17-16(19)14-12(6)10(4)9(3)11(5)13(14)7;1-10(2)14(17)16-15(18)13-8-7-11-5-3-4-6-12(11)9-13;1-8(2)9(16)15-10(17)14-7-6-13(5,11(18)19-14)12(14,3)4;1-3(2)10(18)17-11(19)4-5(12)7(14)9(16)8(15)6(4)13;1-8(2)10(13)12-11(14)9-6-4-3-5-7-9/h1H2,2-7H3,(H,17,18,19);3-9H,1H2,2H3,(H,16,17,18);1,6-7H2,2-5H3,(H,15,16,17);1H2,2H3,(H,17,18,19);3-7H,1H2,2H3,(H,12,13,14). The van der Waals surface area contributed by atoms with Crippen molar-refractivity contribution in [2.75, 3.05) is 0 Å². The lowest BCUT2D eigenvalue weighted by molar-refractivity contribution is -0.168. The summed E-state index contributed by atoms with van der Waals surface area (Å²) in [6, 6.07) is 21.6. The molecule has 5 aromatic rings. The van der Waals surface area contributed by atoms with Gasteiger partial charge in [-0.3, -0.25) is 79.3 Å². The van der Waals surface area contributed by atoms with Gasteiger partial charge in [0.2, 0.25) is 0 Å². The predicted octanol–water partition coefficient (Wildman–Crippen LogP) is 13.9. The zero-order valence-electron chi connectivity index (χ0n) is 51.7. The summed E-state index contributed by atoms with van der Waals surface area (Å²) in [5.74, 6) is -4.97. The molecule has 89 heavy (non-hydrogen) atoms. The first kappa shape index (κ1) is 75.9. The van der Waals surface area contributed by atoms with Crippen LogP contribution >= 0.6 is 79.6 Å². The highest BCUT2D eigenvalue weighted by molar-refractivity contribution is 9.15. The number of halogens is 5. The Morgan fingerprint density at radius 1 is 0.416 bits per heavy atom. The Morgan fingerprint density at radius 3 is 1.16 bits per heavy atom. The van der Waals surface area contributed by atoms with Gasteiger partial charge >= 0.3 is 5.97 Å². The van der Waals surface area contributed by atoms with E-state index >= 15 is 0 Å². The van der Waals surface area contributed by atoms with Gasteiger partial charge in [0.05, 0.1) is 11.0 Å². The van der Waals surface area contributed by atoms with E-state index in [4.69, 9.17) is 4.74 Å². The van der Waals surface area contributed by atoms with Crippen molar-refractivity contribution < 1.29 is 57.5 Å². The highest BCUT2D eigenvalue weighted by Crippen LogP contribution is 2.65. The Hall–Kier alpha value is -7.37. The SMILES string of the molecule is C=C(C)C(=O)NC(=O)C12CCC(C)(C(=O)O1)C2(C)C.C=C(C)C(=O)NC(=O)c1c(Br)c(Br)c(Br)c(Br)c1Br.C=C(C)C(=O)NC(=O)c1c(C)c(C)c(C)c(C)c1C.C=C(C)C(=O)NC(=O)c1ccc2ccccc2c1.C=C(C)C(=O)NC(=O)c1ccccc1. The lowest BCUT2D eigenvalue weighted by Gasteiger charge is -2.35. The molecule has 1 saturated heterocycles. The van der Waals surface area contributed by atoms with Crippen molar-refractivity contribution in [3.05, 3.63) is 206 Å². The second-order valence-corrected chi connectivity index (χ2v) is 25.8. The minimum Gasteiger partial charge on any atom is -0.448 e. The van der Waals surface area contributed by atoms with E-state index in [2.05, 4.69) is 139 Å². The largest absolute Gasteiger partial charge is 0.448 e. The normalized spacial score (nSPS) is 15.3. The third-order valence-electron chi connectivity index (χ3n) is 15.2. The molecule has 2 bridgehead atoms. The molecule has 22 heteroatoms. The molecule has 10 amide bonds. The molecule has 0 radical (unpaired) electrons. The molecule has 1 heterocycles. The van der Waals surface area contributed by atoms with Gasteiger partial charge in [-0.2, -0.15) is 0 Å². The molecule has 7 rings (SSSR count). The van der Waals surface area contributed by atoms with Crippen molar-refractivity contribution in [3.8, 4) is 0 Å². The summed E-state index contributed by atoms with van der Waals surface area (Å²) in [5, 5.41) is 13.4. The van der Waals surface area contributed by atoms with Crippen molar-refractivity contribution in [2.24, 2.45) is 10.8 Å². The zero-order valence-corrected chi connectivity index (χ0v) is 59.6. The highest BCUT2D eigenvalue weighted by Gasteiger charge is 2.75. The van der Waals surface area contributed by atoms with Crippen LogP contribution in [-0.2, 0) is 38.3 Å². The quantitative estimate of drug-likeness (QED) is 0.0379. The van der Waals surface area contributed by atoms with Gasteiger partial charge in [0.25, 0.3) is 59.1 Å². The maximum Gasteiger partial charge on any atom is 0.313 e. The van der Waals surface area contributed by atoms with Crippen LogP contribution in [0.2, 0.25) is 0 Å². The van der Waals surface area contributed by atoms with Crippen LogP contribution in [0.1, 0.15) is 137 Å². The molecule has 2 fully saturated rings. The predicted molar refractivity (Wildman–Crippen MR) is 363 cm³/mol. The van der Waals surface area contributed by atoms with Gasteiger partial charge in [-0.25, -0.2) is 0 Å². The molecular weight excluding hydrogens is 1470 g/mol. The second kappa shape index (κ2) is 31.9. The zero-order chi connectivity index (χ0) is 68.1. The number of benzene rings is 5. The maximum atomic E-state index is 12.4. The first-order valence-corrected chi connectivity index (χ1v) is 31.0. The number of carbonyl (C=O) groups is 11. The van der Waals surface area contributed by atoms with Crippen molar-refractivity contribution in [1.82, 2.24) is 26.6 Å². The molecule has 1 aliphatic heterocycles. The molecule has 5 N–H and O–H groups in total. The maximum absolute atomic E-state index is 12.4. The van der Waals surface area contributed by atoms with Crippen molar-refractivity contribution in [1.29, 1.82) is 0 Å². The number of carbonyl (C=O) groups excluding carboxylic acids is 11. The summed E-state index contributed by atoms with van der Waals surface area (Å²) in [6.45, 7) is 40.5. The van der Waals surface area contributed by atoms with E-state index in [1.807, 2.05) is 85.7 Å². The van der Waals surface area contributed by atoms with Crippen LogP contribution in [-0.4, -0.2) is 70.6 Å². The molecule has 2 unspecified atom stereocenters. The van der Waals surface area contributed by atoms with Crippen LogP contribution in [0.25, 0.3) is 10.8 Å². The molecule has 0 spiro atoms. The van der Waals surface area contributed by atoms with E-state index in [-0.39, 0.29) is 23.0 Å². The van der Waals surface area contributed by atoms with E-state index in [1.165, 1.54) is 19.4 Å². The van der Waals surface area contributed by atoms with Gasteiger partial charge in [-0.1, -0.05) is 95.3 Å². The average molecular weight is 1540 g/mol. The number of esters is 1. The van der Waals surface area contributed by atoms with Crippen molar-refractivity contribution >= 4 is 155 Å². The summed E-state index contributed by atoms with van der Waals surface area (Å²) in [6.07, 6.45) is 1.03. The summed E-state index contributed by atoms with van der Waals surface area (Å²) < 4.78 is 8.50. The third kappa shape index (κ3) is 18.0. The summed E-state index contributed by atoms with van der Waals surface area (Å²) >= 11 is 16.7. The fourth-order valence-corrected chi connectivity index (χ4v) is 12.1. The number of nitrogens with one attached hydrogen (secondary N) is 5. The lowest BCUT2D eigenvalue weighted by Crippen LogP contribution is -2.54. The Bertz CT molecular complexity index is 3690. The number of rotatable bonds is 10. The van der Waals surface area contributed by atoms with Gasteiger partial charge in [-0.05, 0) is 232 Å². The lowest BCUT2D eigenvalue weighted by atomic mass is 9.66. The smallest absolute Gasteiger partial charge is 0.313 e. The minimum absolute atomic E-state index is 0.243. The number of amides is 10. The second-order valence-electron chi connectivity index (χ2n) is 21.9. The first-order valence-electron chi connectivity index (χ1n) is 27.0. The molecule has 17 nitrogen and oxygen atoms in total. The summed E-state index contributed by atoms with van der Waals surface area (Å²) in [4.78, 5) is 129. The molecule has 1 aliphatic carbocycles. The molecule has 1 saturated carbocycles. The Kier molecular flexibility index (Phi) is 27.2. The Morgan fingerprint density at radius 2 is 0.764 bits per heavy atom. The third-order valence-corrected chi connectivity index (χ3v) is 21.3. The van der Waals surface area contributed by atoms with Gasteiger partial charge < -0.3 is 4.74 Å². The van der Waals surface area contributed by atoms with Crippen LogP contribution in [0.5, 0.6) is 0 Å². The molecule has 0 aromatic heterocycles. The average Bonchev–Trinajstić information content (AvgIpc) is 1.53. The van der Waals surface area contributed by atoms with E-state index in [0.717, 1.165) is 37.5 Å². The van der Waals surface area contributed by atoms with Crippen LogP contribution in [0.15, 0.2) is 156 Å². The number of hydrogen-bond donors (Lipinski definition) is 5. The number of fused-ring (bicyclic) bond motifs is 3. The summed E-state index contributed by atoms with van der Waals surface area (Å²) in [5.41, 5.74) is 5.94. The van der Waals surface area contributed by atoms with Crippen LogP contribution < -0.4 is 26.6 Å². The topological polar surface area (TPSA) is 257 Å². The molecular formula is C67H70Br5N5O12. The van der Waals surface area contributed by atoms with Gasteiger partial charge in [0.15, 0.2) is 5.60 Å². The number of ether oxygens (including phenoxy) is 1. The molecule has 470 valence electrons. The monoisotopic (exact) mass is 1530 g/mol. The van der Waals surface area contributed by atoms with Gasteiger partial charge in [0, 0.05) is 72.3 Å². The first-order chi connectivity index (χ1) is 41.1. The fraction of sp³-hybridized carbons (Fsp3) is 0.269. The highest BCUT2D eigenvalue weighted by atomic mass is 79.9. The molecule has 5 aromatic carbocycles. The number of hydrogen-bond acceptors (Lipinski definition) is 12. The van der Waals surface area contributed by atoms with E-state index in [9.17, 15) is 52.7 Å². The van der Waals surface area contributed by atoms with Crippen LogP contribution in [0.3, 0.4) is 0 Å². The fourth-order valence-electron chi connectivity index (χ4n) is 8.73. The van der Waals surface area contributed by atoms with Gasteiger partial charge in [0.1, 0.15) is 0 Å². The van der Waals surface area contributed by atoms with E-state index < -0.39 is 69.6 Å². The minimum atomic E-state index is -1.25. The molecule has 2 atom stereocenters. The number of imide groups is 5.